The van der Waals surface area contributed by atoms with Gasteiger partial charge in [-0.05, 0) is 47.4 Å². The van der Waals surface area contributed by atoms with E-state index in [1.807, 2.05) is 42.5 Å². The molecule has 1 aliphatic rings. The maximum absolute atomic E-state index is 6.96. The quantitative estimate of drug-likeness (QED) is 0.348. The molecule has 0 N–H and O–H groups in total. The molecule has 1 heterocycles. The van der Waals surface area contributed by atoms with E-state index in [4.69, 9.17) is 31.5 Å². The van der Waals surface area contributed by atoms with Crippen molar-refractivity contribution >= 4 is 7.85 Å². The van der Waals surface area contributed by atoms with E-state index in [9.17, 15) is 0 Å². The van der Waals surface area contributed by atoms with Crippen molar-refractivity contribution < 1.29 is 23.7 Å². The number of hydrogen-bond acceptors (Lipinski definition) is 5. The molecule has 4 rings (SSSR count). The predicted molar refractivity (Wildman–Crippen MR) is 133 cm³/mol. The van der Waals surface area contributed by atoms with Gasteiger partial charge in [0.2, 0.25) is 0 Å². The second-order valence-corrected chi connectivity index (χ2v) is 8.46. The van der Waals surface area contributed by atoms with Crippen LogP contribution in [-0.4, -0.2) is 54.5 Å². The Kier molecular flexibility index (Phi) is 7.93. The molecule has 0 spiro atoms. The molecule has 0 bridgehead atoms. The smallest absolute Gasteiger partial charge is 0.143 e. The molecule has 1 aliphatic heterocycles. The van der Waals surface area contributed by atoms with Gasteiger partial charge >= 0.3 is 0 Å². The van der Waals surface area contributed by atoms with Crippen LogP contribution in [0.5, 0.6) is 11.5 Å². The first-order valence-corrected chi connectivity index (χ1v) is 11.5. The number of methoxy groups -OCH3 is 3. The molecule has 0 aromatic heterocycles. The molecule has 176 valence electrons. The molecule has 3 atom stereocenters. The molecule has 5 nitrogen and oxygen atoms in total. The van der Waals surface area contributed by atoms with E-state index >= 15 is 0 Å². The van der Waals surface area contributed by atoms with Crippen molar-refractivity contribution in [3.8, 4) is 11.5 Å². The zero-order chi connectivity index (χ0) is 24.0. The molecule has 0 saturated carbocycles. The van der Waals surface area contributed by atoms with Gasteiger partial charge in [-0.2, -0.15) is 0 Å². The Morgan fingerprint density at radius 1 is 0.794 bits per heavy atom. The topological polar surface area (TPSA) is 46.2 Å². The van der Waals surface area contributed by atoms with Gasteiger partial charge in [-0.3, -0.25) is 0 Å². The Morgan fingerprint density at radius 2 is 1.32 bits per heavy atom. The van der Waals surface area contributed by atoms with Crippen LogP contribution < -0.4 is 9.47 Å². The molecule has 6 heteroatoms. The summed E-state index contributed by atoms with van der Waals surface area (Å²) in [5.41, 5.74) is 2.14. The summed E-state index contributed by atoms with van der Waals surface area (Å²) in [6.07, 6.45) is 0.595. The Bertz CT molecular complexity index is 975. The molecule has 3 aromatic carbocycles. The monoisotopic (exact) mass is 458 g/mol. The van der Waals surface area contributed by atoms with Crippen LogP contribution in [0.3, 0.4) is 0 Å². The lowest BCUT2D eigenvalue weighted by atomic mass is 9.79. The van der Waals surface area contributed by atoms with Crippen LogP contribution in [-0.2, 0) is 19.8 Å². The fourth-order valence-corrected chi connectivity index (χ4v) is 4.59. The third-order valence-corrected chi connectivity index (χ3v) is 6.50. The molecule has 0 unspecified atom stereocenters. The SMILES string of the molecule is [B][C@H]1C[C@@H](OC)[C@@H](COC(c2ccccc2)(c2ccc(OC)cc2)c2ccc(OC)cc2)CO1. The van der Waals surface area contributed by atoms with Gasteiger partial charge < -0.3 is 23.7 Å². The normalized spacial score (nSPS) is 20.6. The molecule has 1 fully saturated rings. The summed E-state index contributed by atoms with van der Waals surface area (Å²) in [7, 11) is 11.1. The number of rotatable bonds is 9. The van der Waals surface area contributed by atoms with Crippen LogP contribution in [0.1, 0.15) is 23.1 Å². The summed E-state index contributed by atoms with van der Waals surface area (Å²) in [4.78, 5) is 0. The highest BCUT2D eigenvalue weighted by molar-refractivity contribution is 6.11. The van der Waals surface area contributed by atoms with Crippen molar-refractivity contribution in [3.63, 3.8) is 0 Å². The summed E-state index contributed by atoms with van der Waals surface area (Å²) in [5, 5.41) is 0. The lowest BCUT2D eigenvalue weighted by Gasteiger charge is -2.40. The maximum Gasteiger partial charge on any atom is 0.143 e. The van der Waals surface area contributed by atoms with E-state index in [1.54, 1.807) is 21.3 Å². The van der Waals surface area contributed by atoms with Crippen LogP contribution in [0.4, 0.5) is 0 Å². The van der Waals surface area contributed by atoms with Crippen molar-refractivity contribution in [1.82, 2.24) is 0 Å². The standard InChI is InChI=1S/C28H31BO5/c1-30-24-13-9-22(10-14-24)28(21-7-5-4-6-8-21,23-11-15-25(31-2)16-12-23)34-19-20-18-33-27(29)17-26(20)32-3/h4-16,20,26-27H,17-19H2,1-3H3/t20-,26-,27-/m1/s1. The zero-order valence-corrected chi connectivity index (χ0v) is 20.0. The second kappa shape index (κ2) is 11.1. The number of benzene rings is 3. The Morgan fingerprint density at radius 3 is 1.82 bits per heavy atom. The van der Waals surface area contributed by atoms with Gasteiger partial charge in [0.25, 0.3) is 0 Å². The molecule has 34 heavy (non-hydrogen) atoms. The average molecular weight is 458 g/mol. The van der Waals surface area contributed by atoms with Crippen molar-refractivity contribution in [2.45, 2.75) is 24.1 Å². The van der Waals surface area contributed by atoms with E-state index < -0.39 is 5.60 Å². The minimum absolute atomic E-state index is 0.0380. The molecule has 2 radical (unpaired) electrons. The van der Waals surface area contributed by atoms with Gasteiger partial charge in [-0.25, -0.2) is 0 Å². The van der Waals surface area contributed by atoms with E-state index in [1.165, 1.54) is 0 Å². The van der Waals surface area contributed by atoms with Crippen LogP contribution in [0, 0.1) is 5.92 Å². The van der Waals surface area contributed by atoms with Gasteiger partial charge in [0.15, 0.2) is 0 Å². The third kappa shape index (κ3) is 4.99. The predicted octanol–water partition coefficient (Wildman–Crippen LogP) is 4.56. The minimum Gasteiger partial charge on any atom is -0.497 e. The number of hydrogen-bond donors (Lipinski definition) is 0. The van der Waals surface area contributed by atoms with Gasteiger partial charge in [0, 0.05) is 19.0 Å². The Balaban J connectivity index is 1.81. The first-order valence-electron chi connectivity index (χ1n) is 11.5. The van der Waals surface area contributed by atoms with Crippen molar-refractivity contribution in [3.05, 3.63) is 95.6 Å². The van der Waals surface area contributed by atoms with E-state index in [0.717, 1.165) is 28.2 Å². The van der Waals surface area contributed by atoms with E-state index in [-0.39, 0.29) is 18.0 Å². The summed E-state index contributed by atoms with van der Waals surface area (Å²) < 4.78 is 29.3. The highest BCUT2D eigenvalue weighted by atomic mass is 16.5. The van der Waals surface area contributed by atoms with Gasteiger partial charge in [-0.1, -0.05) is 54.6 Å². The summed E-state index contributed by atoms with van der Waals surface area (Å²) in [5.74, 6) is 1.62. The highest BCUT2D eigenvalue weighted by Crippen LogP contribution is 2.42. The Hall–Kier alpha value is -2.80. The van der Waals surface area contributed by atoms with Crippen molar-refractivity contribution in [1.29, 1.82) is 0 Å². The number of ether oxygens (including phenoxy) is 5. The van der Waals surface area contributed by atoms with Crippen LogP contribution in [0.2, 0.25) is 0 Å². The highest BCUT2D eigenvalue weighted by Gasteiger charge is 2.40. The summed E-state index contributed by atoms with van der Waals surface area (Å²) in [6, 6.07) is 26.0. The van der Waals surface area contributed by atoms with Crippen molar-refractivity contribution in [2.75, 3.05) is 34.5 Å². The van der Waals surface area contributed by atoms with Crippen molar-refractivity contribution in [2.24, 2.45) is 5.92 Å². The third-order valence-electron chi connectivity index (χ3n) is 6.50. The van der Waals surface area contributed by atoms with Gasteiger partial charge in [0.05, 0.1) is 33.5 Å². The lowest BCUT2D eigenvalue weighted by molar-refractivity contribution is -0.113. The van der Waals surface area contributed by atoms with Gasteiger partial charge in [-0.15, -0.1) is 0 Å². The second-order valence-electron chi connectivity index (χ2n) is 8.46. The fourth-order valence-electron chi connectivity index (χ4n) is 4.59. The maximum atomic E-state index is 6.96. The lowest BCUT2D eigenvalue weighted by Crippen LogP contribution is -2.43. The van der Waals surface area contributed by atoms with Crippen LogP contribution in [0.15, 0.2) is 78.9 Å². The first kappa shape index (κ1) is 24.3. The molecular formula is C28H31BO5. The molecule has 1 saturated heterocycles. The molecule has 0 amide bonds. The molecule has 0 aliphatic carbocycles. The molecule has 3 aromatic rings. The Labute approximate surface area is 203 Å². The average Bonchev–Trinajstić information content (AvgIpc) is 2.90. The van der Waals surface area contributed by atoms with E-state index in [0.29, 0.717) is 19.6 Å². The fraction of sp³-hybridized carbons (Fsp3) is 0.357. The van der Waals surface area contributed by atoms with Crippen LogP contribution in [0.25, 0.3) is 0 Å². The summed E-state index contributed by atoms with van der Waals surface area (Å²) >= 11 is 0. The molecular weight excluding hydrogens is 427 g/mol. The van der Waals surface area contributed by atoms with Gasteiger partial charge in [0.1, 0.15) is 24.9 Å². The first-order chi connectivity index (χ1) is 16.6. The minimum atomic E-state index is -0.863. The largest absolute Gasteiger partial charge is 0.497 e. The summed E-state index contributed by atoms with van der Waals surface area (Å²) in [6.45, 7) is 0.911. The van der Waals surface area contributed by atoms with Crippen LogP contribution >= 0.6 is 0 Å². The van der Waals surface area contributed by atoms with E-state index in [2.05, 4.69) is 36.4 Å². The zero-order valence-electron chi connectivity index (χ0n) is 20.0.